The Balaban J connectivity index is 2.67. The molecular weight excluding hydrogens is 234 g/mol. The zero-order valence-electron chi connectivity index (χ0n) is 12.7. The molecule has 0 aliphatic carbocycles. The molecule has 0 spiro atoms. The number of ether oxygens (including phenoxy) is 1. The summed E-state index contributed by atoms with van der Waals surface area (Å²) in [4.78, 5) is 0. The molecular formula is C17H29NO. The summed E-state index contributed by atoms with van der Waals surface area (Å²) in [6, 6.07) is 11.7. The van der Waals surface area contributed by atoms with Crippen LogP contribution in [0.4, 0.5) is 0 Å². The first-order valence-corrected chi connectivity index (χ1v) is 7.61. The summed E-state index contributed by atoms with van der Waals surface area (Å²) in [6.45, 7) is 5.28. The highest BCUT2D eigenvalue weighted by molar-refractivity contribution is 5.19. The van der Waals surface area contributed by atoms with E-state index in [1.165, 1.54) is 37.7 Å². The molecule has 108 valence electrons. The second-order valence-corrected chi connectivity index (χ2v) is 5.21. The fourth-order valence-corrected chi connectivity index (χ4v) is 2.49. The average molecular weight is 263 g/mol. The molecule has 0 bridgehead atoms. The Labute approximate surface area is 118 Å². The molecule has 2 nitrogen and oxygen atoms in total. The van der Waals surface area contributed by atoms with E-state index in [1.54, 1.807) is 7.11 Å². The number of rotatable bonds is 10. The van der Waals surface area contributed by atoms with Crippen LogP contribution >= 0.6 is 0 Å². The molecule has 0 radical (unpaired) electrons. The standard InChI is InChI=1S/C17H29NO/c1-4-6-13-17(15-11-8-7-9-12-15)18-16(10-5-2)14-19-3/h7-9,11-12,16-18H,4-6,10,13-14H2,1-3H3. The van der Waals surface area contributed by atoms with Crippen LogP contribution < -0.4 is 5.32 Å². The van der Waals surface area contributed by atoms with Gasteiger partial charge in [-0.2, -0.15) is 0 Å². The molecule has 0 aliphatic heterocycles. The number of hydrogen-bond acceptors (Lipinski definition) is 2. The van der Waals surface area contributed by atoms with Gasteiger partial charge >= 0.3 is 0 Å². The molecule has 2 unspecified atom stereocenters. The van der Waals surface area contributed by atoms with Crippen LogP contribution in [-0.2, 0) is 4.74 Å². The SMILES string of the molecule is CCCCC(NC(CCC)COC)c1ccccc1. The first kappa shape index (κ1) is 16.2. The van der Waals surface area contributed by atoms with Gasteiger partial charge in [-0.1, -0.05) is 63.4 Å². The third-order valence-electron chi connectivity index (χ3n) is 3.49. The first-order chi connectivity index (χ1) is 9.31. The average Bonchev–Trinajstić information content (AvgIpc) is 2.44. The molecule has 2 heteroatoms. The lowest BCUT2D eigenvalue weighted by atomic mass is 9.99. The lowest BCUT2D eigenvalue weighted by molar-refractivity contribution is 0.154. The summed E-state index contributed by atoms with van der Waals surface area (Å²) < 4.78 is 5.34. The van der Waals surface area contributed by atoms with E-state index < -0.39 is 0 Å². The van der Waals surface area contributed by atoms with E-state index in [9.17, 15) is 0 Å². The molecule has 0 aromatic heterocycles. The maximum absolute atomic E-state index is 5.34. The van der Waals surface area contributed by atoms with Gasteiger partial charge in [0.05, 0.1) is 6.61 Å². The van der Waals surface area contributed by atoms with Gasteiger partial charge in [0.2, 0.25) is 0 Å². The lowest BCUT2D eigenvalue weighted by Gasteiger charge is -2.25. The zero-order chi connectivity index (χ0) is 13.9. The summed E-state index contributed by atoms with van der Waals surface area (Å²) in [5, 5.41) is 3.78. The number of methoxy groups -OCH3 is 1. The Morgan fingerprint density at radius 2 is 1.79 bits per heavy atom. The van der Waals surface area contributed by atoms with Crippen molar-refractivity contribution in [3.8, 4) is 0 Å². The predicted molar refractivity (Wildman–Crippen MR) is 82.4 cm³/mol. The second kappa shape index (κ2) is 9.99. The van der Waals surface area contributed by atoms with Gasteiger partial charge in [-0.15, -0.1) is 0 Å². The molecule has 0 fully saturated rings. The van der Waals surface area contributed by atoms with Crippen LogP contribution in [0.25, 0.3) is 0 Å². The Morgan fingerprint density at radius 3 is 2.37 bits per heavy atom. The number of unbranched alkanes of at least 4 members (excludes halogenated alkanes) is 1. The van der Waals surface area contributed by atoms with E-state index in [2.05, 4.69) is 49.5 Å². The number of benzene rings is 1. The van der Waals surface area contributed by atoms with Crippen LogP contribution in [-0.4, -0.2) is 19.8 Å². The van der Waals surface area contributed by atoms with Gasteiger partial charge in [0, 0.05) is 19.2 Å². The summed E-state index contributed by atoms with van der Waals surface area (Å²) in [5.41, 5.74) is 1.40. The largest absolute Gasteiger partial charge is 0.383 e. The van der Waals surface area contributed by atoms with Crippen molar-refractivity contribution in [2.75, 3.05) is 13.7 Å². The molecule has 0 saturated heterocycles. The zero-order valence-corrected chi connectivity index (χ0v) is 12.7. The molecule has 0 saturated carbocycles. The summed E-state index contributed by atoms with van der Waals surface area (Å²) in [6.07, 6.45) is 6.07. The van der Waals surface area contributed by atoms with Crippen LogP contribution in [0.2, 0.25) is 0 Å². The van der Waals surface area contributed by atoms with Crippen molar-refractivity contribution in [2.24, 2.45) is 0 Å². The molecule has 1 rings (SSSR count). The van der Waals surface area contributed by atoms with Gasteiger partial charge in [-0.05, 0) is 18.4 Å². The predicted octanol–water partition coefficient (Wildman–Crippen LogP) is 4.32. The molecule has 1 N–H and O–H groups in total. The topological polar surface area (TPSA) is 21.3 Å². The van der Waals surface area contributed by atoms with E-state index in [1.807, 2.05) is 0 Å². The van der Waals surface area contributed by atoms with Gasteiger partial charge in [0.1, 0.15) is 0 Å². The maximum atomic E-state index is 5.34. The summed E-state index contributed by atoms with van der Waals surface area (Å²) in [5.74, 6) is 0. The minimum absolute atomic E-state index is 0.452. The van der Waals surface area contributed by atoms with E-state index in [0.717, 1.165) is 6.61 Å². The minimum Gasteiger partial charge on any atom is -0.383 e. The maximum Gasteiger partial charge on any atom is 0.0616 e. The van der Waals surface area contributed by atoms with E-state index in [-0.39, 0.29) is 0 Å². The van der Waals surface area contributed by atoms with Crippen LogP contribution in [0, 0.1) is 0 Å². The van der Waals surface area contributed by atoms with Crippen LogP contribution in [0.15, 0.2) is 30.3 Å². The number of hydrogen-bond donors (Lipinski definition) is 1. The van der Waals surface area contributed by atoms with Crippen molar-refractivity contribution < 1.29 is 4.74 Å². The molecule has 19 heavy (non-hydrogen) atoms. The van der Waals surface area contributed by atoms with Crippen molar-refractivity contribution >= 4 is 0 Å². The van der Waals surface area contributed by atoms with Gasteiger partial charge in [-0.3, -0.25) is 0 Å². The van der Waals surface area contributed by atoms with E-state index in [4.69, 9.17) is 4.74 Å². The molecule has 2 atom stereocenters. The van der Waals surface area contributed by atoms with Gasteiger partial charge in [0.25, 0.3) is 0 Å². The molecule has 0 aliphatic rings. The van der Waals surface area contributed by atoms with E-state index in [0.29, 0.717) is 12.1 Å². The normalized spacial score (nSPS) is 14.3. The minimum atomic E-state index is 0.452. The third-order valence-corrected chi connectivity index (χ3v) is 3.49. The quantitative estimate of drug-likeness (QED) is 0.678. The monoisotopic (exact) mass is 263 g/mol. The van der Waals surface area contributed by atoms with Crippen molar-refractivity contribution in [2.45, 2.75) is 58.0 Å². The van der Waals surface area contributed by atoms with Crippen LogP contribution in [0.1, 0.15) is 57.6 Å². The molecule has 1 aromatic carbocycles. The summed E-state index contributed by atoms with van der Waals surface area (Å²) in [7, 11) is 1.79. The van der Waals surface area contributed by atoms with Gasteiger partial charge in [-0.25, -0.2) is 0 Å². The van der Waals surface area contributed by atoms with Crippen LogP contribution in [0.5, 0.6) is 0 Å². The molecule has 1 aromatic rings. The number of nitrogens with one attached hydrogen (secondary N) is 1. The van der Waals surface area contributed by atoms with Crippen molar-refractivity contribution in [3.63, 3.8) is 0 Å². The highest BCUT2D eigenvalue weighted by Gasteiger charge is 2.15. The van der Waals surface area contributed by atoms with Crippen molar-refractivity contribution in [1.29, 1.82) is 0 Å². The molecule has 0 heterocycles. The fourth-order valence-electron chi connectivity index (χ4n) is 2.49. The fraction of sp³-hybridized carbons (Fsp3) is 0.647. The third kappa shape index (κ3) is 6.22. The van der Waals surface area contributed by atoms with Crippen molar-refractivity contribution in [3.05, 3.63) is 35.9 Å². The second-order valence-electron chi connectivity index (χ2n) is 5.21. The van der Waals surface area contributed by atoms with Gasteiger partial charge in [0.15, 0.2) is 0 Å². The lowest BCUT2D eigenvalue weighted by Crippen LogP contribution is -2.36. The van der Waals surface area contributed by atoms with Crippen molar-refractivity contribution in [1.82, 2.24) is 5.32 Å². The Morgan fingerprint density at radius 1 is 1.05 bits per heavy atom. The first-order valence-electron chi connectivity index (χ1n) is 7.61. The molecule has 0 amide bonds. The van der Waals surface area contributed by atoms with Crippen LogP contribution in [0.3, 0.4) is 0 Å². The van der Waals surface area contributed by atoms with E-state index >= 15 is 0 Å². The Hall–Kier alpha value is -0.860. The highest BCUT2D eigenvalue weighted by Crippen LogP contribution is 2.20. The smallest absolute Gasteiger partial charge is 0.0616 e. The Bertz CT molecular complexity index is 306. The summed E-state index contributed by atoms with van der Waals surface area (Å²) >= 11 is 0. The highest BCUT2D eigenvalue weighted by atomic mass is 16.5. The Kier molecular flexibility index (Phi) is 8.52. The van der Waals surface area contributed by atoms with Gasteiger partial charge < -0.3 is 10.1 Å².